The van der Waals surface area contributed by atoms with Crippen LogP contribution in [-0.4, -0.2) is 36.1 Å². The summed E-state index contributed by atoms with van der Waals surface area (Å²) in [5.41, 5.74) is 3.81. The van der Waals surface area contributed by atoms with Crippen LogP contribution in [0.5, 0.6) is 0 Å². The van der Waals surface area contributed by atoms with E-state index in [0.29, 0.717) is 24.3 Å². The Balaban J connectivity index is 2.20. The first-order valence-corrected chi connectivity index (χ1v) is 6.12. The summed E-state index contributed by atoms with van der Waals surface area (Å²) in [7, 11) is 0. The van der Waals surface area contributed by atoms with Crippen molar-refractivity contribution in [3.05, 3.63) is 29.8 Å². The Morgan fingerprint density at radius 3 is 2.56 bits per heavy atom. The van der Waals surface area contributed by atoms with E-state index < -0.39 is 0 Å². The minimum atomic E-state index is -0.00875. The molecule has 1 amide bonds. The molecule has 5 heteroatoms. The van der Waals surface area contributed by atoms with E-state index in [1.165, 1.54) is 0 Å². The fourth-order valence-electron chi connectivity index (χ4n) is 2.31. The molecule has 1 aliphatic heterocycles. The molecular weight excluding hydrogens is 230 g/mol. The average molecular weight is 249 g/mol. The molecule has 1 fully saturated rings. The number of hydrazine groups is 1. The minimum Gasteiger partial charge on any atom is -0.372 e. The number of amides is 1. The average Bonchev–Trinajstić information content (AvgIpc) is 2.36. The zero-order valence-electron chi connectivity index (χ0n) is 10.7. The van der Waals surface area contributed by atoms with E-state index >= 15 is 0 Å². The van der Waals surface area contributed by atoms with Crippen LogP contribution in [0.1, 0.15) is 24.2 Å². The van der Waals surface area contributed by atoms with Gasteiger partial charge in [0, 0.05) is 13.1 Å². The standard InChI is InChI=1S/C13H19N3O2/c1-9-7-16(8-10(2)18-9)13(17)11-5-3-4-6-12(11)15-14/h3-6,9-10,15H,7-8,14H2,1-2H3/t9-,10+. The number of hydrogen-bond acceptors (Lipinski definition) is 4. The van der Waals surface area contributed by atoms with Crippen LogP contribution in [0.4, 0.5) is 5.69 Å². The lowest BCUT2D eigenvalue weighted by molar-refractivity contribution is -0.0585. The van der Waals surface area contributed by atoms with E-state index in [1.807, 2.05) is 30.9 Å². The SMILES string of the molecule is C[C@@H]1CN(C(=O)c2ccccc2NN)C[C@H](C)O1. The van der Waals surface area contributed by atoms with Crippen LogP contribution in [0.25, 0.3) is 0 Å². The number of ether oxygens (including phenoxy) is 1. The van der Waals surface area contributed by atoms with E-state index in [9.17, 15) is 4.79 Å². The van der Waals surface area contributed by atoms with Gasteiger partial charge in [-0.05, 0) is 26.0 Å². The van der Waals surface area contributed by atoms with Crippen molar-refractivity contribution in [1.29, 1.82) is 0 Å². The monoisotopic (exact) mass is 249 g/mol. The number of morpholine rings is 1. The zero-order valence-corrected chi connectivity index (χ0v) is 10.7. The third-order valence-corrected chi connectivity index (χ3v) is 3.02. The molecule has 98 valence electrons. The Bertz CT molecular complexity index is 426. The molecule has 1 aromatic rings. The number of hydrogen-bond donors (Lipinski definition) is 2. The number of carbonyl (C=O) groups is 1. The lowest BCUT2D eigenvalue weighted by atomic mass is 10.1. The van der Waals surface area contributed by atoms with E-state index in [-0.39, 0.29) is 18.1 Å². The molecular formula is C13H19N3O2. The van der Waals surface area contributed by atoms with Gasteiger partial charge in [-0.25, -0.2) is 0 Å². The van der Waals surface area contributed by atoms with E-state index in [0.717, 1.165) is 0 Å². The molecule has 2 rings (SSSR count). The molecule has 2 atom stereocenters. The molecule has 0 unspecified atom stereocenters. The predicted octanol–water partition coefficient (Wildman–Crippen LogP) is 1.22. The second kappa shape index (κ2) is 5.37. The Morgan fingerprint density at radius 1 is 1.33 bits per heavy atom. The van der Waals surface area contributed by atoms with Gasteiger partial charge in [0.25, 0.3) is 5.91 Å². The van der Waals surface area contributed by atoms with Crippen molar-refractivity contribution >= 4 is 11.6 Å². The molecule has 0 aromatic heterocycles. The number of anilines is 1. The highest BCUT2D eigenvalue weighted by atomic mass is 16.5. The molecule has 3 N–H and O–H groups in total. The first-order valence-electron chi connectivity index (χ1n) is 6.12. The minimum absolute atomic E-state index is 0.00875. The van der Waals surface area contributed by atoms with Crippen molar-refractivity contribution in [2.24, 2.45) is 5.84 Å². The van der Waals surface area contributed by atoms with E-state index in [1.54, 1.807) is 12.1 Å². The van der Waals surface area contributed by atoms with E-state index in [4.69, 9.17) is 10.6 Å². The number of nitrogens with one attached hydrogen (secondary N) is 1. The van der Waals surface area contributed by atoms with Crippen molar-refractivity contribution in [3.8, 4) is 0 Å². The fourth-order valence-corrected chi connectivity index (χ4v) is 2.31. The quantitative estimate of drug-likeness (QED) is 0.611. The number of nitrogen functional groups attached to an aromatic ring is 1. The first kappa shape index (κ1) is 12.9. The summed E-state index contributed by atoms with van der Waals surface area (Å²) in [6.45, 7) is 5.18. The van der Waals surface area contributed by atoms with Gasteiger partial charge in [0.05, 0.1) is 23.5 Å². The summed E-state index contributed by atoms with van der Waals surface area (Å²) < 4.78 is 5.62. The lowest BCUT2D eigenvalue weighted by Gasteiger charge is -2.35. The molecule has 18 heavy (non-hydrogen) atoms. The van der Waals surface area contributed by atoms with Gasteiger partial charge in [-0.3, -0.25) is 10.6 Å². The van der Waals surface area contributed by atoms with Gasteiger partial charge in [0.2, 0.25) is 0 Å². The number of nitrogens with zero attached hydrogens (tertiary/aromatic N) is 1. The second-order valence-corrected chi connectivity index (χ2v) is 4.66. The Labute approximate surface area is 107 Å². The van der Waals surface area contributed by atoms with Crippen LogP contribution in [0.3, 0.4) is 0 Å². The zero-order chi connectivity index (χ0) is 13.1. The van der Waals surface area contributed by atoms with Crippen LogP contribution in [-0.2, 0) is 4.74 Å². The van der Waals surface area contributed by atoms with Gasteiger partial charge in [-0.15, -0.1) is 0 Å². The molecule has 1 saturated heterocycles. The van der Waals surface area contributed by atoms with Gasteiger partial charge in [-0.1, -0.05) is 12.1 Å². The summed E-state index contributed by atoms with van der Waals surface area (Å²) in [6, 6.07) is 7.25. The number of para-hydroxylation sites is 1. The smallest absolute Gasteiger partial charge is 0.256 e. The summed E-state index contributed by atoms with van der Waals surface area (Å²) in [4.78, 5) is 14.3. The largest absolute Gasteiger partial charge is 0.372 e. The van der Waals surface area contributed by atoms with Gasteiger partial charge in [-0.2, -0.15) is 0 Å². The topological polar surface area (TPSA) is 67.6 Å². The maximum Gasteiger partial charge on any atom is 0.256 e. The van der Waals surface area contributed by atoms with Crippen molar-refractivity contribution in [2.75, 3.05) is 18.5 Å². The lowest BCUT2D eigenvalue weighted by Crippen LogP contribution is -2.48. The maximum absolute atomic E-state index is 12.4. The van der Waals surface area contributed by atoms with Crippen molar-refractivity contribution in [2.45, 2.75) is 26.1 Å². The number of rotatable bonds is 2. The molecule has 0 spiro atoms. The Hall–Kier alpha value is -1.59. The summed E-state index contributed by atoms with van der Waals surface area (Å²) >= 11 is 0. The Morgan fingerprint density at radius 2 is 1.94 bits per heavy atom. The summed E-state index contributed by atoms with van der Waals surface area (Å²) in [6.07, 6.45) is 0.131. The summed E-state index contributed by atoms with van der Waals surface area (Å²) in [5.74, 6) is 5.42. The van der Waals surface area contributed by atoms with Crippen LogP contribution >= 0.6 is 0 Å². The van der Waals surface area contributed by atoms with Gasteiger partial charge in [0.15, 0.2) is 0 Å². The fraction of sp³-hybridized carbons (Fsp3) is 0.462. The highest BCUT2D eigenvalue weighted by molar-refractivity contribution is 5.99. The molecule has 1 heterocycles. The molecule has 1 aromatic carbocycles. The molecule has 0 saturated carbocycles. The van der Waals surface area contributed by atoms with Crippen LogP contribution in [0, 0.1) is 0 Å². The van der Waals surface area contributed by atoms with Gasteiger partial charge < -0.3 is 15.1 Å². The predicted molar refractivity (Wildman–Crippen MR) is 70.2 cm³/mol. The third kappa shape index (κ3) is 2.63. The molecule has 1 aliphatic rings. The number of benzene rings is 1. The highest BCUT2D eigenvalue weighted by Crippen LogP contribution is 2.19. The molecule has 5 nitrogen and oxygen atoms in total. The normalized spacial score (nSPS) is 23.8. The van der Waals surface area contributed by atoms with Crippen LogP contribution in [0.15, 0.2) is 24.3 Å². The number of carbonyl (C=O) groups excluding carboxylic acids is 1. The number of nitrogens with two attached hydrogens (primary N) is 1. The van der Waals surface area contributed by atoms with Crippen molar-refractivity contribution in [1.82, 2.24) is 4.90 Å². The van der Waals surface area contributed by atoms with Gasteiger partial charge >= 0.3 is 0 Å². The second-order valence-electron chi connectivity index (χ2n) is 4.66. The Kier molecular flexibility index (Phi) is 3.84. The maximum atomic E-state index is 12.4. The molecule has 0 radical (unpaired) electrons. The molecule has 0 bridgehead atoms. The van der Waals surface area contributed by atoms with Gasteiger partial charge in [0.1, 0.15) is 0 Å². The van der Waals surface area contributed by atoms with Crippen LogP contribution < -0.4 is 11.3 Å². The summed E-state index contributed by atoms with van der Waals surface area (Å²) in [5, 5.41) is 0. The van der Waals surface area contributed by atoms with Crippen LogP contribution in [0.2, 0.25) is 0 Å². The van der Waals surface area contributed by atoms with Crippen molar-refractivity contribution in [3.63, 3.8) is 0 Å². The highest BCUT2D eigenvalue weighted by Gasteiger charge is 2.27. The van der Waals surface area contributed by atoms with E-state index in [2.05, 4.69) is 5.43 Å². The van der Waals surface area contributed by atoms with Crippen molar-refractivity contribution < 1.29 is 9.53 Å². The first-order chi connectivity index (χ1) is 8.61. The third-order valence-electron chi connectivity index (χ3n) is 3.02. The molecule has 0 aliphatic carbocycles.